The third-order valence-electron chi connectivity index (χ3n) is 2.37. The lowest BCUT2D eigenvalue weighted by Crippen LogP contribution is -2.00. The van der Waals surface area contributed by atoms with Crippen LogP contribution in [0.25, 0.3) is 0 Å². The van der Waals surface area contributed by atoms with Crippen molar-refractivity contribution in [3.05, 3.63) is 58.1 Å². The number of nitrogens with two attached hydrogens (primary N) is 1. The fourth-order valence-electron chi connectivity index (χ4n) is 1.43. The number of nitrogen functional groups attached to an aromatic ring is 1. The first-order valence-corrected chi connectivity index (χ1v) is 5.97. The zero-order valence-electron chi connectivity index (χ0n) is 9.29. The Labute approximate surface area is 112 Å². The number of rotatable bonds is 3. The highest BCUT2D eigenvalue weighted by atomic mass is 79.9. The second-order valence-electron chi connectivity index (χ2n) is 3.71. The molecule has 0 amide bonds. The van der Waals surface area contributed by atoms with Gasteiger partial charge in [0, 0.05) is 16.1 Å². The van der Waals surface area contributed by atoms with Crippen molar-refractivity contribution < 1.29 is 13.5 Å². The molecule has 0 saturated heterocycles. The topological polar surface area (TPSA) is 35.2 Å². The second kappa shape index (κ2) is 5.35. The fourth-order valence-corrected chi connectivity index (χ4v) is 1.89. The predicted molar refractivity (Wildman–Crippen MR) is 69.2 cm³/mol. The lowest BCUT2D eigenvalue weighted by Gasteiger charge is -2.10. The fraction of sp³-hybridized carbons (Fsp3) is 0.0769. The lowest BCUT2D eigenvalue weighted by molar-refractivity contribution is 0.305. The molecule has 2 aromatic carbocycles. The molecule has 0 aliphatic rings. The van der Waals surface area contributed by atoms with E-state index in [0.717, 1.165) is 5.56 Å². The summed E-state index contributed by atoms with van der Waals surface area (Å²) < 4.78 is 31.9. The largest absolute Gasteiger partial charge is 0.487 e. The van der Waals surface area contributed by atoms with Crippen LogP contribution in [0.2, 0.25) is 0 Å². The third kappa shape index (κ3) is 2.98. The first-order chi connectivity index (χ1) is 8.56. The van der Waals surface area contributed by atoms with Crippen molar-refractivity contribution in [2.24, 2.45) is 0 Å². The van der Waals surface area contributed by atoms with Crippen LogP contribution < -0.4 is 10.5 Å². The molecule has 0 aliphatic carbocycles. The van der Waals surface area contributed by atoms with E-state index in [1.165, 1.54) is 30.3 Å². The van der Waals surface area contributed by atoms with Gasteiger partial charge in [-0.3, -0.25) is 0 Å². The van der Waals surface area contributed by atoms with Gasteiger partial charge >= 0.3 is 0 Å². The zero-order valence-corrected chi connectivity index (χ0v) is 10.9. The van der Waals surface area contributed by atoms with Gasteiger partial charge in [0.2, 0.25) is 0 Å². The smallest absolute Gasteiger partial charge is 0.145 e. The molecule has 0 spiro atoms. The summed E-state index contributed by atoms with van der Waals surface area (Å²) in [4.78, 5) is 0. The molecule has 5 heteroatoms. The van der Waals surface area contributed by atoms with Crippen molar-refractivity contribution in [3.8, 4) is 5.75 Å². The molecule has 0 saturated carbocycles. The number of benzene rings is 2. The van der Waals surface area contributed by atoms with Crippen LogP contribution in [-0.2, 0) is 6.61 Å². The quantitative estimate of drug-likeness (QED) is 0.873. The average Bonchev–Trinajstić information content (AvgIpc) is 2.32. The van der Waals surface area contributed by atoms with E-state index in [1.807, 2.05) is 0 Å². The zero-order chi connectivity index (χ0) is 13.1. The maximum atomic E-state index is 13.0. The molecule has 2 aromatic rings. The Hall–Kier alpha value is -1.62. The molecule has 0 fully saturated rings. The molecule has 2 rings (SSSR count). The summed E-state index contributed by atoms with van der Waals surface area (Å²) in [5.74, 6) is -0.487. The highest BCUT2D eigenvalue weighted by molar-refractivity contribution is 9.10. The van der Waals surface area contributed by atoms with E-state index >= 15 is 0 Å². The van der Waals surface area contributed by atoms with Gasteiger partial charge in [-0.25, -0.2) is 8.78 Å². The van der Waals surface area contributed by atoms with Crippen LogP contribution in [0.5, 0.6) is 5.75 Å². The lowest BCUT2D eigenvalue weighted by atomic mass is 10.2. The third-order valence-corrected chi connectivity index (χ3v) is 3.11. The summed E-state index contributed by atoms with van der Waals surface area (Å²) in [5, 5.41) is 0. The maximum Gasteiger partial charge on any atom is 0.145 e. The molecule has 0 aliphatic heterocycles. The van der Waals surface area contributed by atoms with E-state index in [1.54, 1.807) is 6.07 Å². The van der Waals surface area contributed by atoms with Crippen LogP contribution >= 0.6 is 15.9 Å². The van der Waals surface area contributed by atoms with E-state index < -0.39 is 5.82 Å². The van der Waals surface area contributed by atoms with Gasteiger partial charge < -0.3 is 10.5 Å². The molecule has 0 aromatic heterocycles. The van der Waals surface area contributed by atoms with Gasteiger partial charge in [-0.15, -0.1) is 0 Å². The molecular formula is C13H10BrF2NO. The minimum atomic E-state index is -0.419. The molecule has 0 heterocycles. The summed E-state index contributed by atoms with van der Waals surface area (Å²) in [6, 6.07) is 8.17. The average molecular weight is 314 g/mol. The van der Waals surface area contributed by atoms with E-state index in [0.29, 0.717) is 10.2 Å². The van der Waals surface area contributed by atoms with Gasteiger partial charge in [-0.1, -0.05) is 22.0 Å². The van der Waals surface area contributed by atoms with Gasteiger partial charge in [0.1, 0.15) is 24.0 Å². The van der Waals surface area contributed by atoms with Crippen LogP contribution in [0.15, 0.2) is 40.9 Å². The van der Waals surface area contributed by atoms with Crippen molar-refractivity contribution in [3.63, 3.8) is 0 Å². The molecule has 2 N–H and O–H groups in total. The molecule has 0 radical (unpaired) electrons. The monoisotopic (exact) mass is 313 g/mol. The number of hydrogen-bond acceptors (Lipinski definition) is 2. The molecule has 0 unspecified atom stereocenters. The van der Waals surface area contributed by atoms with Crippen molar-refractivity contribution in [1.29, 1.82) is 0 Å². The van der Waals surface area contributed by atoms with Crippen molar-refractivity contribution in [2.75, 3.05) is 5.73 Å². The minimum Gasteiger partial charge on any atom is -0.487 e. The molecule has 0 atom stereocenters. The summed E-state index contributed by atoms with van der Waals surface area (Å²) in [7, 11) is 0. The van der Waals surface area contributed by atoms with E-state index in [2.05, 4.69) is 15.9 Å². The normalized spacial score (nSPS) is 10.4. The van der Waals surface area contributed by atoms with Crippen molar-refractivity contribution in [1.82, 2.24) is 0 Å². The van der Waals surface area contributed by atoms with Crippen LogP contribution in [0, 0.1) is 11.6 Å². The maximum absolute atomic E-state index is 13.0. The van der Waals surface area contributed by atoms with E-state index in [4.69, 9.17) is 10.5 Å². The van der Waals surface area contributed by atoms with Gasteiger partial charge in [0.15, 0.2) is 0 Å². The van der Waals surface area contributed by atoms with Crippen molar-refractivity contribution in [2.45, 2.75) is 6.61 Å². The Bertz CT molecular complexity index is 575. The first-order valence-electron chi connectivity index (χ1n) is 5.18. The predicted octanol–water partition coefficient (Wildman–Crippen LogP) is 3.89. The minimum absolute atomic E-state index is 0.175. The Morgan fingerprint density at radius 1 is 1.06 bits per heavy atom. The molecule has 2 nitrogen and oxygen atoms in total. The highest BCUT2D eigenvalue weighted by Crippen LogP contribution is 2.25. The standard InChI is InChI=1S/C13H10BrF2NO/c14-11-5-9(15)2-1-8(11)7-18-13-6-10(16)3-4-12(13)17/h1-6H,7,17H2. The Morgan fingerprint density at radius 2 is 1.72 bits per heavy atom. The number of ether oxygens (including phenoxy) is 1. The Kier molecular flexibility index (Phi) is 3.81. The van der Waals surface area contributed by atoms with Crippen LogP contribution in [0.4, 0.5) is 14.5 Å². The summed E-state index contributed by atoms with van der Waals surface area (Å²) in [6.45, 7) is 0.175. The van der Waals surface area contributed by atoms with Gasteiger partial charge in [0.05, 0.1) is 5.69 Å². The Balaban J connectivity index is 2.13. The molecule has 18 heavy (non-hydrogen) atoms. The summed E-state index contributed by atoms with van der Waals surface area (Å²) >= 11 is 3.23. The molecule has 0 bridgehead atoms. The van der Waals surface area contributed by atoms with Crippen LogP contribution in [-0.4, -0.2) is 0 Å². The number of halogens is 3. The number of anilines is 1. The van der Waals surface area contributed by atoms with Crippen LogP contribution in [0.1, 0.15) is 5.56 Å². The van der Waals surface area contributed by atoms with Crippen LogP contribution in [0.3, 0.4) is 0 Å². The van der Waals surface area contributed by atoms with E-state index in [9.17, 15) is 8.78 Å². The number of hydrogen-bond donors (Lipinski definition) is 1. The SMILES string of the molecule is Nc1ccc(F)cc1OCc1ccc(F)cc1Br. The second-order valence-corrected chi connectivity index (χ2v) is 4.56. The molecular weight excluding hydrogens is 304 g/mol. The summed E-state index contributed by atoms with van der Waals surface area (Å²) in [6.07, 6.45) is 0. The summed E-state index contributed by atoms with van der Waals surface area (Å²) in [5.41, 5.74) is 6.76. The van der Waals surface area contributed by atoms with Gasteiger partial charge in [-0.2, -0.15) is 0 Å². The van der Waals surface area contributed by atoms with E-state index in [-0.39, 0.29) is 18.2 Å². The van der Waals surface area contributed by atoms with Gasteiger partial charge in [-0.05, 0) is 24.3 Å². The highest BCUT2D eigenvalue weighted by Gasteiger charge is 2.06. The molecule has 94 valence electrons. The van der Waals surface area contributed by atoms with Crippen molar-refractivity contribution >= 4 is 21.6 Å². The van der Waals surface area contributed by atoms with Gasteiger partial charge in [0.25, 0.3) is 0 Å². The first kappa shape index (κ1) is 12.8. The Morgan fingerprint density at radius 3 is 2.44 bits per heavy atom.